The average Bonchev–Trinajstić information content (AvgIpc) is 2.59. The lowest BCUT2D eigenvalue weighted by molar-refractivity contribution is 0.457. The Kier molecular flexibility index (Phi) is 1.71. The summed E-state index contributed by atoms with van der Waals surface area (Å²) in [6.07, 6.45) is 1.45. The van der Waals surface area contributed by atoms with Gasteiger partial charge < -0.3 is 10.7 Å². The van der Waals surface area contributed by atoms with Crippen molar-refractivity contribution in [1.29, 1.82) is 0 Å². The molecule has 0 bridgehead atoms. The van der Waals surface area contributed by atoms with E-state index < -0.39 is 0 Å². The third-order valence-corrected chi connectivity index (χ3v) is 4.63. The fourth-order valence-electron chi connectivity index (χ4n) is 2.88. The van der Waals surface area contributed by atoms with E-state index in [2.05, 4.69) is 47.6 Å². The predicted molar refractivity (Wildman–Crippen MR) is 66.4 cm³/mol. The number of nitrogen functional groups attached to an aromatic ring is 1. The highest BCUT2D eigenvalue weighted by Gasteiger charge is 2.66. The Labute approximate surface area is 99.9 Å². The van der Waals surface area contributed by atoms with Gasteiger partial charge in [0, 0.05) is 5.92 Å². The molecule has 3 rings (SSSR count). The maximum absolute atomic E-state index is 5.80. The van der Waals surface area contributed by atoms with Crippen molar-refractivity contribution in [2.45, 2.75) is 33.6 Å². The number of imidazole rings is 1. The highest BCUT2D eigenvalue weighted by Crippen LogP contribution is 2.73. The second-order valence-corrected chi connectivity index (χ2v) is 5.96. The van der Waals surface area contributed by atoms with Gasteiger partial charge in [0.25, 0.3) is 0 Å². The number of aromatic amines is 1. The molecule has 5 heteroatoms. The molecular weight excluding hydrogens is 214 g/mol. The molecule has 2 aromatic heterocycles. The average molecular weight is 231 g/mol. The van der Waals surface area contributed by atoms with Crippen LogP contribution in [0.5, 0.6) is 0 Å². The quantitative estimate of drug-likeness (QED) is 0.787. The summed E-state index contributed by atoms with van der Waals surface area (Å²) in [4.78, 5) is 15.9. The normalized spacial score (nSPS) is 21.9. The highest BCUT2D eigenvalue weighted by atomic mass is 15.1. The molecule has 0 aromatic carbocycles. The summed E-state index contributed by atoms with van der Waals surface area (Å²) in [6.45, 7) is 9.06. The van der Waals surface area contributed by atoms with Crippen LogP contribution in [0.25, 0.3) is 11.2 Å². The van der Waals surface area contributed by atoms with Gasteiger partial charge in [-0.05, 0) is 10.8 Å². The molecule has 0 radical (unpaired) electrons. The number of hydrogen-bond donors (Lipinski definition) is 2. The van der Waals surface area contributed by atoms with Gasteiger partial charge in [0.2, 0.25) is 0 Å². The van der Waals surface area contributed by atoms with E-state index >= 15 is 0 Å². The molecule has 1 saturated carbocycles. The van der Waals surface area contributed by atoms with E-state index in [1.54, 1.807) is 0 Å². The molecule has 2 heterocycles. The van der Waals surface area contributed by atoms with Crippen LogP contribution in [0.3, 0.4) is 0 Å². The zero-order valence-electron chi connectivity index (χ0n) is 10.6. The molecule has 0 unspecified atom stereocenters. The van der Waals surface area contributed by atoms with Gasteiger partial charge in [-0.1, -0.05) is 27.7 Å². The first-order valence-electron chi connectivity index (χ1n) is 5.82. The van der Waals surface area contributed by atoms with Crippen molar-refractivity contribution < 1.29 is 0 Å². The maximum atomic E-state index is 5.80. The van der Waals surface area contributed by atoms with E-state index in [1.807, 2.05) is 0 Å². The first-order valence-corrected chi connectivity index (χ1v) is 5.82. The molecule has 1 aliphatic carbocycles. The Morgan fingerprint density at radius 2 is 1.82 bits per heavy atom. The Hall–Kier alpha value is -1.65. The van der Waals surface area contributed by atoms with Gasteiger partial charge in [-0.3, -0.25) is 0 Å². The maximum Gasteiger partial charge on any atom is 0.183 e. The smallest absolute Gasteiger partial charge is 0.183 e. The van der Waals surface area contributed by atoms with E-state index in [0.29, 0.717) is 17.4 Å². The Morgan fingerprint density at radius 1 is 1.18 bits per heavy atom. The SMILES string of the molecule is CC1(C)C(c2nc3ncnc(N)c3[nH]2)C1(C)C. The molecule has 90 valence electrons. The van der Waals surface area contributed by atoms with Crippen molar-refractivity contribution >= 4 is 17.0 Å². The number of nitrogens with zero attached hydrogens (tertiary/aromatic N) is 3. The summed E-state index contributed by atoms with van der Waals surface area (Å²) < 4.78 is 0. The van der Waals surface area contributed by atoms with Gasteiger partial charge in [0.05, 0.1) is 0 Å². The van der Waals surface area contributed by atoms with Gasteiger partial charge in [0.15, 0.2) is 11.5 Å². The van der Waals surface area contributed by atoms with Crippen LogP contribution in [0, 0.1) is 10.8 Å². The number of H-pyrrole nitrogens is 1. The topological polar surface area (TPSA) is 80.5 Å². The second kappa shape index (κ2) is 2.78. The van der Waals surface area contributed by atoms with Gasteiger partial charge in [-0.15, -0.1) is 0 Å². The minimum Gasteiger partial charge on any atom is -0.382 e. The summed E-state index contributed by atoms with van der Waals surface area (Å²) in [5, 5.41) is 0. The van der Waals surface area contributed by atoms with Gasteiger partial charge in [-0.25, -0.2) is 15.0 Å². The first kappa shape index (κ1) is 10.5. The number of nitrogens with one attached hydrogen (secondary N) is 1. The zero-order valence-corrected chi connectivity index (χ0v) is 10.6. The molecule has 0 aliphatic heterocycles. The molecule has 1 fully saturated rings. The second-order valence-electron chi connectivity index (χ2n) is 5.96. The van der Waals surface area contributed by atoms with Crippen LogP contribution in [0.1, 0.15) is 39.4 Å². The minimum atomic E-state index is 0.253. The fraction of sp³-hybridized carbons (Fsp3) is 0.583. The minimum absolute atomic E-state index is 0.253. The van der Waals surface area contributed by atoms with Gasteiger partial charge in [0.1, 0.15) is 17.7 Å². The highest BCUT2D eigenvalue weighted by molar-refractivity contribution is 5.81. The molecule has 2 aromatic rings. The molecule has 3 N–H and O–H groups in total. The van der Waals surface area contributed by atoms with Crippen molar-refractivity contribution in [3.63, 3.8) is 0 Å². The molecule has 1 aliphatic rings. The lowest BCUT2D eigenvalue weighted by atomic mass is 10.0. The van der Waals surface area contributed by atoms with Crippen molar-refractivity contribution in [1.82, 2.24) is 19.9 Å². The molecule has 0 saturated heterocycles. The van der Waals surface area contributed by atoms with Crippen LogP contribution in [-0.4, -0.2) is 19.9 Å². The van der Waals surface area contributed by atoms with E-state index in [4.69, 9.17) is 5.73 Å². The first-order chi connectivity index (χ1) is 7.85. The Morgan fingerprint density at radius 3 is 2.35 bits per heavy atom. The number of fused-ring (bicyclic) bond motifs is 1. The summed E-state index contributed by atoms with van der Waals surface area (Å²) in [5.41, 5.74) is 7.72. The Balaban J connectivity index is 2.13. The predicted octanol–water partition coefficient (Wildman–Crippen LogP) is 2.08. The number of nitrogens with two attached hydrogens (primary N) is 1. The van der Waals surface area contributed by atoms with Crippen LogP contribution in [-0.2, 0) is 0 Å². The molecule has 5 nitrogen and oxygen atoms in total. The number of rotatable bonds is 1. The lowest BCUT2D eigenvalue weighted by Crippen LogP contribution is -1.95. The van der Waals surface area contributed by atoms with E-state index in [0.717, 1.165) is 11.3 Å². The van der Waals surface area contributed by atoms with Crippen molar-refractivity contribution in [3.05, 3.63) is 12.2 Å². The van der Waals surface area contributed by atoms with Crippen LogP contribution in [0.15, 0.2) is 6.33 Å². The summed E-state index contributed by atoms with van der Waals surface area (Å²) in [5.74, 6) is 1.86. The van der Waals surface area contributed by atoms with Crippen molar-refractivity contribution in [2.75, 3.05) is 5.73 Å². The van der Waals surface area contributed by atoms with Gasteiger partial charge >= 0.3 is 0 Å². The third kappa shape index (κ3) is 1.16. The summed E-state index contributed by atoms with van der Waals surface area (Å²) in [6, 6.07) is 0. The summed E-state index contributed by atoms with van der Waals surface area (Å²) in [7, 11) is 0. The van der Waals surface area contributed by atoms with E-state index in [9.17, 15) is 0 Å². The number of anilines is 1. The van der Waals surface area contributed by atoms with Crippen molar-refractivity contribution in [3.8, 4) is 0 Å². The Bertz CT molecular complexity index is 582. The van der Waals surface area contributed by atoms with Crippen LogP contribution in [0.2, 0.25) is 0 Å². The van der Waals surface area contributed by atoms with Gasteiger partial charge in [-0.2, -0.15) is 0 Å². The van der Waals surface area contributed by atoms with E-state index in [-0.39, 0.29) is 10.8 Å². The van der Waals surface area contributed by atoms with Crippen LogP contribution < -0.4 is 5.73 Å². The lowest BCUT2D eigenvalue weighted by Gasteiger charge is -2.03. The fourth-order valence-corrected chi connectivity index (χ4v) is 2.88. The number of aromatic nitrogens is 4. The van der Waals surface area contributed by atoms with Crippen molar-refractivity contribution in [2.24, 2.45) is 10.8 Å². The molecule has 0 amide bonds. The molecule has 0 spiro atoms. The van der Waals surface area contributed by atoms with Crippen LogP contribution >= 0.6 is 0 Å². The largest absolute Gasteiger partial charge is 0.382 e. The van der Waals surface area contributed by atoms with Crippen LogP contribution in [0.4, 0.5) is 5.82 Å². The molecular formula is C12H17N5. The van der Waals surface area contributed by atoms with E-state index in [1.165, 1.54) is 6.33 Å². The molecule has 17 heavy (non-hydrogen) atoms. The standard InChI is InChI=1S/C12H17N5/c1-11(2)7(12(11,3)4)10-16-6-8(13)14-5-15-9(6)17-10/h5,7H,1-4H3,(H3,13,14,15,16,17). The molecule has 0 atom stereocenters. The number of hydrogen-bond acceptors (Lipinski definition) is 4. The third-order valence-electron chi connectivity index (χ3n) is 4.63. The zero-order chi connectivity index (χ0) is 12.4. The monoisotopic (exact) mass is 231 g/mol. The summed E-state index contributed by atoms with van der Waals surface area (Å²) >= 11 is 0.